The summed E-state index contributed by atoms with van der Waals surface area (Å²) in [6, 6.07) is 16.3. The van der Waals surface area contributed by atoms with Crippen molar-refractivity contribution in [3.8, 4) is 5.75 Å². The maximum atomic E-state index is 14.1. The van der Waals surface area contributed by atoms with Gasteiger partial charge < -0.3 is 31.1 Å². The lowest BCUT2D eigenvalue weighted by atomic mass is 9.99. The second kappa shape index (κ2) is 13.2. The van der Waals surface area contributed by atoms with Crippen LogP contribution < -0.4 is 16.4 Å². The number of nitrogens with two attached hydrogens (primary N) is 1. The fraction of sp³-hybridized carbons (Fsp3) is 0.355. The van der Waals surface area contributed by atoms with Crippen LogP contribution in [0, 0.1) is 0 Å². The number of anilines is 1. The first-order valence-electron chi connectivity index (χ1n) is 13.4. The molecular formula is C31H38N4O6. The number of aromatic hydroxyl groups is 1. The maximum Gasteiger partial charge on any atom is 0.408 e. The maximum absolute atomic E-state index is 14.1. The quantitative estimate of drug-likeness (QED) is 0.283. The SMILES string of the molecule is CC(C)N(C(=O)C(CCC(N)=O)NC(=O)OC(C)(C)C)C(C(=O)Nc1ccc2ccccc2c1)c1ccc(O)cc1. The van der Waals surface area contributed by atoms with Crippen LogP contribution >= 0.6 is 0 Å². The average molecular weight is 563 g/mol. The number of phenols is 1. The molecule has 0 aliphatic heterocycles. The lowest BCUT2D eigenvalue weighted by Gasteiger charge is -2.37. The molecule has 0 saturated heterocycles. The van der Waals surface area contributed by atoms with Crippen molar-refractivity contribution < 1.29 is 29.0 Å². The van der Waals surface area contributed by atoms with Gasteiger partial charge in [-0.25, -0.2) is 4.79 Å². The summed E-state index contributed by atoms with van der Waals surface area (Å²) < 4.78 is 5.34. The number of fused-ring (bicyclic) bond motifs is 1. The number of amides is 4. The highest BCUT2D eigenvalue weighted by molar-refractivity contribution is 6.00. The number of rotatable bonds is 10. The zero-order valence-electron chi connectivity index (χ0n) is 24.0. The molecule has 0 saturated carbocycles. The fourth-order valence-corrected chi connectivity index (χ4v) is 4.43. The summed E-state index contributed by atoms with van der Waals surface area (Å²) in [5.74, 6) is -1.75. The third kappa shape index (κ3) is 8.69. The van der Waals surface area contributed by atoms with E-state index >= 15 is 0 Å². The summed E-state index contributed by atoms with van der Waals surface area (Å²) >= 11 is 0. The highest BCUT2D eigenvalue weighted by Gasteiger charge is 2.38. The third-order valence-electron chi connectivity index (χ3n) is 6.23. The Morgan fingerprint density at radius 3 is 2.17 bits per heavy atom. The molecule has 0 radical (unpaired) electrons. The Labute approximate surface area is 239 Å². The average Bonchev–Trinajstić information content (AvgIpc) is 2.88. The Morgan fingerprint density at radius 1 is 0.951 bits per heavy atom. The number of carbonyl (C=O) groups is 4. The van der Waals surface area contributed by atoms with Gasteiger partial charge in [0, 0.05) is 18.2 Å². The minimum absolute atomic E-state index is 0.00390. The van der Waals surface area contributed by atoms with Crippen molar-refractivity contribution in [2.24, 2.45) is 5.73 Å². The largest absolute Gasteiger partial charge is 0.508 e. The Bertz CT molecular complexity index is 1400. The molecule has 2 unspecified atom stereocenters. The van der Waals surface area contributed by atoms with E-state index in [4.69, 9.17) is 10.5 Å². The Hall–Kier alpha value is -4.60. The number of hydrogen-bond donors (Lipinski definition) is 4. The molecule has 0 aliphatic rings. The van der Waals surface area contributed by atoms with Gasteiger partial charge in [-0.3, -0.25) is 14.4 Å². The molecule has 41 heavy (non-hydrogen) atoms. The first-order valence-corrected chi connectivity index (χ1v) is 13.4. The van der Waals surface area contributed by atoms with E-state index < -0.39 is 47.5 Å². The van der Waals surface area contributed by atoms with Gasteiger partial charge in [-0.2, -0.15) is 0 Å². The second-order valence-electron chi connectivity index (χ2n) is 11.1. The van der Waals surface area contributed by atoms with E-state index in [-0.39, 0.29) is 18.6 Å². The normalized spacial score (nSPS) is 12.8. The van der Waals surface area contributed by atoms with Crippen LogP contribution in [-0.2, 0) is 19.1 Å². The molecular weight excluding hydrogens is 524 g/mol. The van der Waals surface area contributed by atoms with Crippen LogP contribution in [-0.4, -0.2) is 51.5 Å². The number of primary amides is 1. The monoisotopic (exact) mass is 562 g/mol. The summed E-state index contributed by atoms with van der Waals surface area (Å²) in [6.07, 6.45) is -1.11. The molecule has 10 nitrogen and oxygen atoms in total. The first kappa shape index (κ1) is 30.9. The predicted octanol–water partition coefficient (Wildman–Crippen LogP) is 4.62. The van der Waals surface area contributed by atoms with Crippen LogP contribution in [0.5, 0.6) is 5.75 Å². The van der Waals surface area contributed by atoms with E-state index in [9.17, 15) is 24.3 Å². The minimum Gasteiger partial charge on any atom is -0.508 e. The van der Waals surface area contributed by atoms with Gasteiger partial charge in [0.05, 0.1) is 0 Å². The third-order valence-corrected chi connectivity index (χ3v) is 6.23. The molecule has 2 atom stereocenters. The lowest BCUT2D eigenvalue weighted by Crippen LogP contribution is -2.54. The van der Waals surface area contributed by atoms with E-state index in [0.717, 1.165) is 10.8 Å². The second-order valence-corrected chi connectivity index (χ2v) is 11.1. The van der Waals surface area contributed by atoms with Crippen LogP contribution in [0.15, 0.2) is 66.7 Å². The molecule has 4 amide bonds. The number of hydrogen-bond acceptors (Lipinski definition) is 6. The molecule has 3 aromatic carbocycles. The first-order chi connectivity index (χ1) is 19.2. The summed E-state index contributed by atoms with van der Waals surface area (Å²) in [5, 5.41) is 17.3. The zero-order chi connectivity index (χ0) is 30.3. The minimum atomic E-state index is -1.20. The van der Waals surface area contributed by atoms with E-state index in [0.29, 0.717) is 11.3 Å². The highest BCUT2D eigenvalue weighted by Crippen LogP contribution is 2.29. The Kier molecular flexibility index (Phi) is 9.94. The van der Waals surface area contributed by atoms with Crippen molar-refractivity contribution in [3.05, 3.63) is 72.3 Å². The summed E-state index contributed by atoms with van der Waals surface area (Å²) in [5.41, 5.74) is 5.50. The molecule has 0 aliphatic carbocycles. The molecule has 0 spiro atoms. The van der Waals surface area contributed by atoms with Crippen LogP contribution in [0.4, 0.5) is 10.5 Å². The topological polar surface area (TPSA) is 151 Å². The molecule has 0 aromatic heterocycles. The summed E-state index contributed by atoms with van der Waals surface area (Å²) in [6.45, 7) is 8.54. The molecule has 10 heteroatoms. The fourth-order valence-electron chi connectivity index (χ4n) is 4.43. The lowest BCUT2D eigenvalue weighted by molar-refractivity contribution is -0.143. The number of phenolic OH excluding ortho intramolecular Hbond substituents is 1. The number of nitrogens with zero attached hydrogens (tertiary/aromatic N) is 1. The number of nitrogens with one attached hydrogen (secondary N) is 2. The number of alkyl carbamates (subject to hydrolysis) is 1. The van der Waals surface area contributed by atoms with Crippen molar-refractivity contribution in [3.63, 3.8) is 0 Å². The molecule has 0 heterocycles. The van der Waals surface area contributed by atoms with Crippen molar-refractivity contribution in [2.75, 3.05) is 5.32 Å². The van der Waals surface area contributed by atoms with Crippen LogP contribution in [0.25, 0.3) is 10.8 Å². The van der Waals surface area contributed by atoms with Gasteiger partial charge in [0.1, 0.15) is 23.4 Å². The van der Waals surface area contributed by atoms with Gasteiger partial charge in [0.15, 0.2) is 0 Å². The standard InChI is InChI=1S/C31H38N4O6/c1-19(2)35(29(39)25(16-17-26(32)37)34-30(40)41-31(3,4)5)27(21-11-14-24(36)15-12-21)28(38)33-23-13-10-20-8-6-7-9-22(20)18-23/h6-15,18-19,25,27,36H,16-17H2,1-5H3,(H2,32,37)(H,33,38)(H,34,40). The van der Waals surface area contributed by atoms with Gasteiger partial charge in [0.25, 0.3) is 5.91 Å². The number of carbonyl (C=O) groups excluding carboxylic acids is 4. The van der Waals surface area contributed by atoms with E-state index in [1.165, 1.54) is 17.0 Å². The predicted molar refractivity (Wildman–Crippen MR) is 157 cm³/mol. The van der Waals surface area contributed by atoms with Crippen molar-refractivity contribution in [1.82, 2.24) is 10.2 Å². The van der Waals surface area contributed by atoms with Gasteiger partial charge in [-0.05, 0) is 81.6 Å². The summed E-state index contributed by atoms with van der Waals surface area (Å²) in [7, 11) is 0. The molecule has 3 rings (SSSR count). The number of ether oxygens (including phenoxy) is 1. The van der Waals surface area contributed by atoms with Crippen LogP contribution in [0.2, 0.25) is 0 Å². The van der Waals surface area contributed by atoms with E-state index in [1.807, 2.05) is 36.4 Å². The zero-order valence-corrected chi connectivity index (χ0v) is 24.0. The molecule has 3 aromatic rings. The van der Waals surface area contributed by atoms with E-state index in [2.05, 4.69) is 10.6 Å². The molecule has 218 valence electrons. The molecule has 5 N–H and O–H groups in total. The highest BCUT2D eigenvalue weighted by atomic mass is 16.6. The van der Waals surface area contributed by atoms with Crippen LogP contribution in [0.3, 0.4) is 0 Å². The Balaban J connectivity index is 2.01. The smallest absolute Gasteiger partial charge is 0.408 e. The van der Waals surface area contributed by atoms with Crippen molar-refractivity contribution >= 4 is 40.3 Å². The summed E-state index contributed by atoms with van der Waals surface area (Å²) in [4.78, 5) is 53.6. The Morgan fingerprint density at radius 2 is 1.59 bits per heavy atom. The van der Waals surface area contributed by atoms with Crippen LogP contribution in [0.1, 0.15) is 59.1 Å². The number of benzene rings is 3. The van der Waals surface area contributed by atoms with Gasteiger partial charge in [0.2, 0.25) is 11.8 Å². The molecule has 0 bridgehead atoms. The van der Waals surface area contributed by atoms with Gasteiger partial charge >= 0.3 is 6.09 Å². The van der Waals surface area contributed by atoms with Gasteiger partial charge in [-0.1, -0.05) is 42.5 Å². The van der Waals surface area contributed by atoms with Crippen molar-refractivity contribution in [1.29, 1.82) is 0 Å². The van der Waals surface area contributed by atoms with Gasteiger partial charge in [-0.15, -0.1) is 0 Å². The van der Waals surface area contributed by atoms with Crippen molar-refractivity contribution in [2.45, 2.75) is 71.2 Å². The molecule has 0 fully saturated rings. The van der Waals surface area contributed by atoms with E-state index in [1.54, 1.807) is 52.8 Å².